The van der Waals surface area contributed by atoms with Gasteiger partial charge in [0.2, 0.25) is 23.6 Å². The number of hydrogen-bond acceptors (Lipinski definition) is 40. The summed E-state index contributed by atoms with van der Waals surface area (Å²) >= 11 is 0. The zero-order chi connectivity index (χ0) is 73.8. The normalized spacial score (nSPS) is 48.7. The number of aliphatic hydroxyl groups is 21. The van der Waals surface area contributed by atoms with Crippen LogP contribution in [0, 0.1) is 0 Å². The van der Waals surface area contributed by atoms with Crippen LogP contribution in [0.2, 0.25) is 0 Å². The highest BCUT2D eigenvalue weighted by Gasteiger charge is 2.60. The number of amides is 4. The smallest absolute Gasteiger partial charge is 0.217 e. The van der Waals surface area contributed by atoms with Crippen LogP contribution in [0.5, 0.6) is 0 Å². The van der Waals surface area contributed by atoms with Gasteiger partial charge in [0.05, 0.1) is 52.4 Å². The number of aliphatic hydroxyl groups excluding tert-OH is 21. The SMILES string of the molecule is CC(=O)N[C@@H]1[C@@H](O)[C@H](O[C@@H]2O[C@H](CO)[C@@H](O[C@@H]3O[C@H](CO[C@H]4O[C@H](CO)[C@@H](O)[C@H](O)[C@@H]4O[C@@H]4O[C@H](CO[C@@H]5O[C@@H](C)[C@@H](O)[C@@H](O)[C@@H]5O)[C@@H](O)[C@H](O)[C@H]4NC(C)=O)[C@@H](O)[C@H](O[C@H]4O[C@H](CO)[C@@H](O)[C@H](O)[C@@H]4O[C@@H]4O[C@H](CO)[C@@H](O)[C@H](O)[C@H]4NC(C)=O)[C@@H]3O)[C@H](O)[C@H]2NC(C)=O)[C@@H](CO)O[C@H]1O. The van der Waals surface area contributed by atoms with Gasteiger partial charge in [-0.05, 0) is 6.92 Å². The average molecular weight is 1460 g/mol. The first-order valence-corrected chi connectivity index (χ1v) is 32.0. The van der Waals surface area contributed by atoms with Crippen molar-refractivity contribution in [2.24, 2.45) is 0 Å². The predicted octanol–water partition coefficient (Wildman–Crippen LogP) is -16.8. The zero-order valence-corrected chi connectivity index (χ0v) is 54.2. The van der Waals surface area contributed by atoms with E-state index in [9.17, 15) is 126 Å². The Morgan fingerprint density at radius 3 is 1.09 bits per heavy atom. The molecular weight excluding hydrogens is 1370 g/mol. The van der Waals surface area contributed by atoms with Gasteiger partial charge in [-0.25, -0.2) is 0 Å². The predicted molar refractivity (Wildman–Crippen MR) is 309 cm³/mol. The summed E-state index contributed by atoms with van der Waals surface area (Å²) in [6.45, 7) is -1.91. The van der Waals surface area contributed by atoms with Gasteiger partial charge in [0, 0.05) is 27.7 Å². The first kappa shape index (κ1) is 82.1. The van der Waals surface area contributed by atoms with Crippen LogP contribution in [0.25, 0.3) is 0 Å². The molecular formula is C56H94N4O40. The van der Waals surface area contributed by atoms with E-state index >= 15 is 0 Å². The molecule has 0 aromatic rings. The van der Waals surface area contributed by atoms with E-state index in [1.165, 1.54) is 6.92 Å². The van der Waals surface area contributed by atoms with E-state index in [0.29, 0.717) is 0 Å². The molecule has 0 aromatic carbocycles. The Labute approximate surface area is 567 Å². The number of hydrogen-bond donors (Lipinski definition) is 25. The average Bonchev–Trinajstić information content (AvgIpc) is 0.770. The molecule has 40 atom stereocenters. The van der Waals surface area contributed by atoms with Crippen LogP contribution in [0.15, 0.2) is 0 Å². The van der Waals surface area contributed by atoms with E-state index in [0.717, 1.165) is 27.7 Å². The molecule has 578 valence electrons. The van der Waals surface area contributed by atoms with Crippen LogP contribution in [0.3, 0.4) is 0 Å². The lowest BCUT2D eigenvalue weighted by Crippen LogP contribution is -2.70. The maximum absolute atomic E-state index is 12.9. The maximum atomic E-state index is 12.9. The van der Waals surface area contributed by atoms with E-state index < -0.39 is 315 Å². The Balaban J connectivity index is 1.13. The summed E-state index contributed by atoms with van der Waals surface area (Å²) in [5.74, 6) is -3.39. The van der Waals surface area contributed by atoms with Gasteiger partial charge in [-0.2, -0.15) is 0 Å². The zero-order valence-electron chi connectivity index (χ0n) is 54.2. The third-order valence-corrected chi connectivity index (χ3v) is 18.2. The molecule has 0 radical (unpaired) electrons. The van der Waals surface area contributed by atoms with Gasteiger partial charge in [-0.3, -0.25) is 19.2 Å². The van der Waals surface area contributed by atoms with Crippen molar-refractivity contribution in [1.29, 1.82) is 0 Å². The molecule has 0 aromatic heterocycles. The summed E-state index contributed by atoms with van der Waals surface area (Å²) in [6, 6.07) is -7.03. The minimum atomic E-state index is -2.49. The van der Waals surface area contributed by atoms with E-state index in [1.807, 2.05) is 0 Å². The topological polar surface area (TPSA) is 680 Å². The van der Waals surface area contributed by atoms with Crippen molar-refractivity contribution in [3.05, 3.63) is 0 Å². The fourth-order valence-electron chi connectivity index (χ4n) is 12.8. The molecule has 8 saturated heterocycles. The van der Waals surface area contributed by atoms with Crippen molar-refractivity contribution in [2.75, 3.05) is 46.2 Å². The first-order valence-electron chi connectivity index (χ1n) is 32.0. The number of nitrogens with one attached hydrogen (secondary N) is 4. The van der Waals surface area contributed by atoms with Crippen molar-refractivity contribution >= 4 is 23.6 Å². The van der Waals surface area contributed by atoms with E-state index in [2.05, 4.69) is 21.3 Å². The summed E-state index contributed by atoms with van der Waals surface area (Å²) in [4.78, 5) is 50.0. The fraction of sp³-hybridized carbons (Fsp3) is 0.929. The molecule has 0 bridgehead atoms. The summed E-state index contributed by atoms with van der Waals surface area (Å²) in [5, 5.41) is 242. The summed E-state index contributed by atoms with van der Waals surface area (Å²) in [7, 11) is 0. The molecule has 0 unspecified atom stereocenters. The Morgan fingerprint density at radius 1 is 0.280 bits per heavy atom. The lowest BCUT2D eigenvalue weighted by atomic mass is 9.93. The Morgan fingerprint density at radius 2 is 0.610 bits per heavy atom. The van der Waals surface area contributed by atoms with Crippen molar-refractivity contribution in [2.45, 2.75) is 280 Å². The Kier molecular flexibility index (Phi) is 29.3. The van der Waals surface area contributed by atoms with Gasteiger partial charge in [0.25, 0.3) is 0 Å². The summed E-state index contributed by atoms with van der Waals surface area (Å²) < 4.78 is 88.6. The molecule has 0 aliphatic carbocycles. The third-order valence-electron chi connectivity index (χ3n) is 18.2. The van der Waals surface area contributed by atoms with Crippen LogP contribution < -0.4 is 21.3 Å². The monoisotopic (exact) mass is 1460 g/mol. The quantitative estimate of drug-likeness (QED) is 0.0404. The minimum absolute atomic E-state index is 0.764. The molecule has 0 saturated carbocycles. The Hall–Kier alpha value is -3.56. The molecule has 8 heterocycles. The van der Waals surface area contributed by atoms with Crippen molar-refractivity contribution < 1.29 is 197 Å². The van der Waals surface area contributed by atoms with Gasteiger partial charge in [0.1, 0.15) is 189 Å². The van der Waals surface area contributed by atoms with E-state index in [4.69, 9.17) is 71.1 Å². The summed E-state index contributed by atoms with van der Waals surface area (Å²) in [6.07, 6.45) is -71.5. The first-order chi connectivity index (χ1) is 47.2. The highest BCUT2D eigenvalue weighted by Crippen LogP contribution is 2.38. The Bertz CT molecular complexity index is 2620. The van der Waals surface area contributed by atoms with Crippen LogP contribution in [-0.2, 0) is 90.2 Å². The number of ether oxygens (including phenoxy) is 15. The standard InChI is InChI=1S/C56H94N4O40/c1-13-29(70)39(80)42(83)53(88-13)86-11-23-33(74)36(77)27(59-16(4)68)51(94-23)99-47-40(81)31(72)19(7-62)91-55(47)87-12-24-34(75)46(98-56-48(41(82)32(73)20(8-63)92-56)100-50-26(58-15(3)67)35(76)30(71)18(6-61)90-50)43(84)54(95-24)97-45-22(10-65)93-52(28(38(45)79)60-17(5)69)96-44-21(9-64)89-49(85)25(37(44)78)57-14(2)66/h13,18-56,61-65,70-85H,6-12H2,1-5H3,(H,57,66)(H,58,67)(H,59,68)(H,60,69)/t13-,18+,19+,20+,21+,22+,23+,24+,25+,26+,27+,28+,29+,30+,31+,32+,33+,34+,35+,36+,37+,38+,39+,40-,41-,42-,43-,44+,45+,46-,47-,48-,49+,50-,51-,52-,53+,54-,55-,56+/m0/s1. The van der Waals surface area contributed by atoms with Crippen LogP contribution in [0.1, 0.15) is 34.6 Å². The van der Waals surface area contributed by atoms with Crippen molar-refractivity contribution in [3.8, 4) is 0 Å². The lowest BCUT2D eigenvalue weighted by molar-refractivity contribution is -0.396. The molecule has 44 heteroatoms. The molecule has 8 aliphatic heterocycles. The lowest BCUT2D eigenvalue weighted by Gasteiger charge is -2.51. The highest BCUT2D eigenvalue weighted by molar-refractivity contribution is 5.74. The van der Waals surface area contributed by atoms with Crippen molar-refractivity contribution in [1.82, 2.24) is 21.3 Å². The van der Waals surface area contributed by atoms with Gasteiger partial charge >= 0.3 is 0 Å². The maximum Gasteiger partial charge on any atom is 0.217 e. The number of carbonyl (C=O) groups excluding carboxylic acids is 4. The molecule has 8 aliphatic rings. The van der Waals surface area contributed by atoms with Crippen LogP contribution >= 0.6 is 0 Å². The molecule has 100 heavy (non-hydrogen) atoms. The van der Waals surface area contributed by atoms with Crippen LogP contribution in [0.4, 0.5) is 0 Å². The number of rotatable bonds is 25. The third kappa shape index (κ3) is 18.3. The summed E-state index contributed by atoms with van der Waals surface area (Å²) in [5.41, 5.74) is 0. The molecule has 25 N–H and O–H groups in total. The largest absolute Gasteiger partial charge is 0.394 e. The number of carbonyl (C=O) groups is 4. The van der Waals surface area contributed by atoms with Gasteiger partial charge in [-0.15, -0.1) is 0 Å². The van der Waals surface area contributed by atoms with E-state index in [-0.39, 0.29) is 0 Å². The molecule has 0 spiro atoms. The second kappa shape index (κ2) is 35.7. The minimum Gasteiger partial charge on any atom is -0.394 e. The van der Waals surface area contributed by atoms with Crippen LogP contribution in [-0.4, -0.2) is 423 Å². The molecule has 8 rings (SSSR count). The highest BCUT2D eigenvalue weighted by atomic mass is 16.8. The second-order valence-corrected chi connectivity index (χ2v) is 25.4. The van der Waals surface area contributed by atoms with Gasteiger partial charge < -0.3 is 200 Å². The second-order valence-electron chi connectivity index (χ2n) is 25.4. The van der Waals surface area contributed by atoms with E-state index in [1.54, 1.807) is 0 Å². The molecule has 44 nitrogen and oxygen atoms in total. The molecule has 8 fully saturated rings. The molecule has 4 amide bonds. The van der Waals surface area contributed by atoms with Gasteiger partial charge in [0.15, 0.2) is 50.3 Å². The van der Waals surface area contributed by atoms with Crippen molar-refractivity contribution in [3.63, 3.8) is 0 Å². The van der Waals surface area contributed by atoms with Gasteiger partial charge in [-0.1, -0.05) is 0 Å². The fourth-order valence-corrected chi connectivity index (χ4v) is 12.8.